The van der Waals surface area contributed by atoms with Gasteiger partial charge < -0.3 is 10.6 Å². The predicted molar refractivity (Wildman–Crippen MR) is 71.7 cm³/mol. The lowest BCUT2D eigenvalue weighted by molar-refractivity contribution is -0.344. The van der Waals surface area contributed by atoms with E-state index < -0.39 is 66.4 Å². The number of alkyl halides is 14. The van der Waals surface area contributed by atoms with Crippen LogP contribution in [-0.4, -0.2) is 60.9 Å². The Morgan fingerprint density at radius 2 is 0.774 bits per heavy atom. The molecule has 0 aromatic carbocycles. The second-order valence-corrected chi connectivity index (χ2v) is 6.82. The number of rotatable bonds is 8. The monoisotopic (exact) mass is 494 g/mol. The molecule has 0 aliphatic heterocycles. The lowest BCUT2D eigenvalue weighted by Crippen LogP contribution is -2.61. The topological polar surface area (TPSA) is 58.2 Å². The first-order chi connectivity index (χ1) is 13.3. The predicted octanol–water partition coefficient (Wildman–Crippen LogP) is 3.91. The summed E-state index contributed by atoms with van der Waals surface area (Å²) in [6.07, 6.45) is -13.7. The summed E-state index contributed by atoms with van der Waals surface area (Å²) in [4.78, 5) is 22.1. The van der Waals surface area contributed by atoms with E-state index in [1.807, 2.05) is 0 Å². The molecule has 4 nitrogen and oxygen atoms in total. The molecule has 0 heterocycles. The van der Waals surface area contributed by atoms with Crippen molar-refractivity contribution in [2.24, 2.45) is 5.41 Å². The van der Waals surface area contributed by atoms with Gasteiger partial charge in [-0.2, -0.15) is 61.5 Å². The number of carbonyl (C=O) groups excluding carboxylic acids is 2. The van der Waals surface area contributed by atoms with E-state index in [-0.39, 0.29) is 0 Å². The Morgan fingerprint density at radius 3 is 0.968 bits per heavy atom. The average molecular weight is 494 g/mol. The van der Waals surface area contributed by atoms with Crippen molar-refractivity contribution in [3.8, 4) is 0 Å². The fourth-order valence-corrected chi connectivity index (χ4v) is 1.56. The van der Waals surface area contributed by atoms with E-state index in [1.54, 1.807) is 0 Å². The average Bonchev–Trinajstić information content (AvgIpc) is 2.55. The van der Waals surface area contributed by atoms with E-state index in [1.165, 1.54) is 0 Å². The highest BCUT2D eigenvalue weighted by Crippen LogP contribution is 2.47. The quantitative estimate of drug-likeness (QED) is 0.503. The van der Waals surface area contributed by atoms with E-state index in [9.17, 15) is 71.1 Å². The second kappa shape index (κ2) is 8.14. The van der Waals surface area contributed by atoms with Crippen LogP contribution in [0.15, 0.2) is 0 Å². The minimum atomic E-state index is -6.84. The van der Waals surface area contributed by atoms with Gasteiger partial charge in [-0.15, -0.1) is 0 Å². The van der Waals surface area contributed by atoms with Gasteiger partial charge in [0, 0.05) is 13.1 Å². The minimum absolute atomic E-state index is 0.771. The highest BCUT2D eigenvalue weighted by Gasteiger charge is 2.77. The lowest BCUT2D eigenvalue weighted by Gasteiger charge is -2.31. The molecule has 0 rings (SSSR count). The molecule has 0 atom stereocenters. The van der Waals surface area contributed by atoms with Gasteiger partial charge in [0.15, 0.2) is 0 Å². The molecule has 0 aromatic heterocycles. The SMILES string of the molecule is CC(C)(CNC(=O)C(F)(F)C(F)(F)C(F)(F)F)CNC(=O)C(F)(F)C(F)(F)C(F)(F)F. The molecule has 0 radical (unpaired) electrons. The van der Waals surface area contributed by atoms with Crippen LogP contribution < -0.4 is 10.6 Å². The third kappa shape index (κ3) is 5.61. The zero-order valence-electron chi connectivity index (χ0n) is 15.0. The summed E-state index contributed by atoms with van der Waals surface area (Å²) in [5, 5.41) is 1.85. The first-order valence-corrected chi connectivity index (χ1v) is 7.47. The first-order valence-electron chi connectivity index (χ1n) is 7.47. The van der Waals surface area contributed by atoms with Crippen LogP contribution in [0.25, 0.3) is 0 Å². The standard InChI is InChI=1S/C13H12F14N2O2/c1-7(2,3-28-5(30)8(14,15)10(18,19)12(22,23)24)4-29-6(31)9(16,17)11(20,21)13(25,26)27/h3-4H2,1-2H3,(H,28,30)(H,29,31). The number of hydrogen-bond acceptors (Lipinski definition) is 2. The van der Waals surface area contributed by atoms with Gasteiger partial charge in [-0.3, -0.25) is 9.59 Å². The molecule has 18 heteroatoms. The van der Waals surface area contributed by atoms with E-state index in [0.717, 1.165) is 24.5 Å². The van der Waals surface area contributed by atoms with Gasteiger partial charge in [-0.1, -0.05) is 13.8 Å². The summed E-state index contributed by atoms with van der Waals surface area (Å²) in [5.41, 5.74) is -1.97. The van der Waals surface area contributed by atoms with E-state index >= 15 is 0 Å². The highest BCUT2D eigenvalue weighted by atomic mass is 19.4. The van der Waals surface area contributed by atoms with Crippen LogP contribution in [0.2, 0.25) is 0 Å². The van der Waals surface area contributed by atoms with Crippen molar-refractivity contribution in [2.75, 3.05) is 13.1 Å². The molecule has 0 saturated carbocycles. The number of nitrogens with one attached hydrogen (secondary N) is 2. The molecular weight excluding hydrogens is 482 g/mol. The summed E-state index contributed by atoms with van der Waals surface area (Å²) < 4.78 is 175. The molecule has 2 amide bonds. The van der Waals surface area contributed by atoms with Crippen LogP contribution in [0.5, 0.6) is 0 Å². The third-order valence-corrected chi connectivity index (χ3v) is 3.53. The fourth-order valence-electron chi connectivity index (χ4n) is 1.56. The molecule has 0 bridgehead atoms. The Morgan fingerprint density at radius 1 is 0.548 bits per heavy atom. The zero-order chi connectivity index (χ0) is 25.5. The molecule has 184 valence electrons. The summed E-state index contributed by atoms with van der Waals surface area (Å²) in [6, 6.07) is 0. The minimum Gasteiger partial charge on any atom is -0.350 e. The molecule has 0 aliphatic rings. The van der Waals surface area contributed by atoms with E-state index in [2.05, 4.69) is 0 Å². The van der Waals surface area contributed by atoms with Gasteiger partial charge in [-0.25, -0.2) is 0 Å². The van der Waals surface area contributed by atoms with Crippen LogP contribution >= 0.6 is 0 Å². The molecule has 0 aliphatic carbocycles. The Labute approximate surface area is 163 Å². The third-order valence-electron chi connectivity index (χ3n) is 3.53. The molecule has 2 N–H and O–H groups in total. The highest BCUT2D eigenvalue weighted by molar-refractivity contribution is 5.85. The van der Waals surface area contributed by atoms with Crippen LogP contribution in [0.4, 0.5) is 61.5 Å². The molecule has 0 fully saturated rings. The fraction of sp³-hybridized carbons (Fsp3) is 0.846. The number of hydrogen-bond donors (Lipinski definition) is 2. The van der Waals surface area contributed by atoms with Crippen molar-refractivity contribution in [2.45, 2.75) is 49.9 Å². The van der Waals surface area contributed by atoms with Crippen LogP contribution in [-0.2, 0) is 9.59 Å². The van der Waals surface area contributed by atoms with Gasteiger partial charge in [-0.05, 0) is 5.41 Å². The van der Waals surface area contributed by atoms with Gasteiger partial charge in [0.2, 0.25) is 0 Å². The Balaban J connectivity index is 5.21. The van der Waals surface area contributed by atoms with Gasteiger partial charge in [0.1, 0.15) is 0 Å². The zero-order valence-corrected chi connectivity index (χ0v) is 15.0. The summed E-state index contributed by atoms with van der Waals surface area (Å²) in [7, 11) is 0. The van der Waals surface area contributed by atoms with Gasteiger partial charge in [0.25, 0.3) is 11.8 Å². The maximum Gasteiger partial charge on any atom is 0.460 e. The number of amides is 2. The second-order valence-electron chi connectivity index (χ2n) is 6.82. The van der Waals surface area contributed by atoms with Crippen molar-refractivity contribution >= 4 is 11.8 Å². The molecule has 31 heavy (non-hydrogen) atoms. The maximum absolute atomic E-state index is 13.1. The number of halogens is 14. The van der Waals surface area contributed by atoms with E-state index in [4.69, 9.17) is 0 Å². The van der Waals surface area contributed by atoms with Crippen LogP contribution in [0.1, 0.15) is 13.8 Å². The van der Waals surface area contributed by atoms with Crippen molar-refractivity contribution < 1.29 is 71.1 Å². The van der Waals surface area contributed by atoms with Crippen LogP contribution in [0.3, 0.4) is 0 Å². The molecule has 0 saturated heterocycles. The normalized spacial score (nSPS) is 15.0. The summed E-state index contributed by atoms with van der Waals surface area (Å²) in [6.45, 7) is -1.10. The Hall–Kier alpha value is -2.04. The Bertz CT molecular complexity index is 625. The van der Waals surface area contributed by atoms with Crippen molar-refractivity contribution in [1.29, 1.82) is 0 Å². The summed E-state index contributed by atoms with van der Waals surface area (Å²) >= 11 is 0. The summed E-state index contributed by atoms with van der Waals surface area (Å²) in [5.74, 6) is -32.6. The molecular formula is C13H12F14N2O2. The van der Waals surface area contributed by atoms with Crippen molar-refractivity contribution in [1.82, 2.24) is 10.6 Å². The first kappa shape index (κ1) is 29.0. The largest absolute Gasteiger partial charge is 0.460 e. The van der Waals surface area contributed by atoms with Crippen molar-refractivity contribution in [3.63, 3.8) is 0 Å². The van der Waals surface area contributed by atoms with Crippen molar-refractivity contribution in [3.05, 3.63) is 0 Å². The van der Waals surface area contributed by atoms with Gasteiger partial charge >= 0.3 is 36.0 Å². The molecule has 0 aromatic rings. The lowest BCUT2D eigenvalue weighted by atomic mass is 9.93. The molecule has 0 unspecified atom stereocenters. The Kier molecular flexibility index (Phi) is 7.61. The van der Waals surface area contributed by atoms with Gasteiger partial charge in [0.05, 0.1) is 0 Å². The van der Waals surface area contributed by atoms with Crippen LogP contribution in [0, 0.1) is 5.41 Å². The van der Waals surface area contributed by atoms with E-state index in [0.29, 0.717) is 0 Å². The smallest absolute Gasteiger partial charge is 0.350 e. The molecule has 0 spiro atoms. The number of carbonyl (C=O) groups is 2. The maximum atomic E-state index is 13.1.